The van der Waals surface area contributed by atoms with Crippen molar-refractivity contribution in [3.05, 3.63) is 53.6 Å². The lowest BCUT2D eigenvalue weighted by Gasteiger charge is -2.10. The van der Waals surface area contributed by atoms with Crippen LogP contribution in [0.3, 0.4) is 0 Å². The van der Waals surface area contributed by atoms with Gasteiger partial charge in [-0.25, -0.2) is 4.79 Å². The lowest BCUT2D eigenvalue weighted by molar-refractivity contribution is -0.130. The Bertz CT molecular complexity index is 701. The van der Waals surface area contributed by atoms with E-state index in [0.717, 1.165) is 0 Å². The number of hydrogen-bond donors (Lipinski definition) is 2. The molecular weight excluding hydrogens is 284 g/mol. The molecule has 0 aliphatic carbocycles. The van der Waals surface area contributed by atoms with Crippen LogP contribution in [0.5, 0.6) is 17.2 Å². The van der Waals surface area contributed by atoms with Crippen molar-refractivity contribution >= 4 is 17.6 Å². The number of carbonyl (C=O) groups is 1. The Morgan fingerprint density at radius 1 is 1.00 bits per heavy atom. The van der Waals surface area contributed by atoms with Crippen LogP contribution < -0.4 is 9.47 Å². The lowest BCUT2D eigenvalue weighted by atomic mass is 10.0. The summed E-state index contributed by atoms with van der Waals surface area (Å²) in [5.41, 5.74) is 1.29. The van der Waals surface area contributed by atoms with Gasteiger partial charge in [0.15, 0.2) is 11.5 Å². The second-order valence-electron chi connectivity index (χ2n) is 4.52. The second-order valence-corrected chi connectivity index (χ2v) is 4.52. The second kappa shape index (κ2) is 6.67. The summed E-state index contributed by atoms with van der Waals surface area (Å²) in [5, 5.41) is 18.7. The Kier molecular flexibility index (Phi) is 4.68. The summed E-state index contributed by atoms with van der Waals surface area (Å²) in [5.74, 6) is 0.0546. The van der Waals surface area contributed by atoms with Crippen molar-refractivity contribution < 1.29 is 24.5 Å². The fourth-order valence-corrected chi connectivity index (χ4v) is 2.01. The van der Waals surface area contributed by atoms with Gasteiger partial charge in [0.1, 0.15) is 5.75 Å². The number of carboxylic acid groups (broad SMARTS) is 1. The molecule has 0 saturated heterocycles. The molecule has 0 aromatic heterocycles. The maximum atomic E-state index is 11.5. The molecule has 2 aromatic rings. The number of aromatic hydroxyl groups is 1. The number of phenolic OH excluding ortho intramolecular Hbond substituents is 1. The molecule has 114 valence electrons. The summed E-state index contributed by atoms with van der Waals surface area (Å²) < 4.78 is 10.3. The highest BCUT2D eigenvalue weighted by molar-refractivity contribution is 6.20. The minimum atomic E-state index is -1.06. The van der Waals surface area contributed by atoms with E-state index in [0.29, 0.717) is 22.6 Å². The highest BCUT2D eigenvalue weighted by atomic mass is 16.5. The third-order valence-corrected chi connectivity index (χ3v) is 3.13. The number of ether oxygens (including phenoxy) is 2. The first kappa shape index (κ1) is 15.4. The van der Waals surface area contributed by atoms with Crippen molar-refractivity contribution in [2.45, 2.75) is 0 Å². The lowest BCUT2D eigenvalue weighted by Crippen LogP contribution is -2.01. The normalized spacial score (nSPS) is 11.1. The van der Waals surface area contributed by atoms with Crippen molar-refractivity contribution in [1.29, 1.82) is 0 Å². The van der Waals surface area contributed by atoms with Crippen LogP contribution in [0.4, 0.5) is 0 Å². The van der Waals surface area contributed by atoms with E-state index in [2.05, 4.69) is 0 Å². The first-order chi connectivity index (χ1) is 10.5. The Morgan fingerprint density at radius 3 is 2.18 bits per heavy atom. The van der Waals surface area contributed by atoms with Crippen LogP contribution in [-0.4, -0.2) is 30.4 Å². The zero-order valence-electron chi connectivity index (χ0n) is 12.2. The number of carboxylic acids is 1. The first-order valence-electron chi connectivity index (χ1n) is 6.51. The molecule has 5 heteroatoms. The molecule has 0 spiro atoms. The number of phenols is 1. The topological polar surface area (TPSA) is 76.0 Å². The predicted molar refractivity (Wildman–Crippen MR) is 83.2 cm³/mol. The van der Waals surface area contributed by atoms with Crippen molar-refractivity contribution in [3.8, 4) is 17.2 Å². The molecule has 0 aliphatic rings. The SMILES string of the molecule is COc1ccc(/C(=C/c2ccc(O)cc2)C(=O)O)cc1OC. The highest BCUT2D eigenvalue weighted by Gasteiger charge is 2.13. The van der Waals surface area contributed by atoms with E-state index in [1.54, 1.807) is 30.3 Å². The van der Waals surface area contributed by atoms with E-state index in [4.69, 9.17) is 9.47 Å². The standard InChI is InChI=1S/C17H16O5/c1-21-15-8-5-12(10-16(15)22-2)14(17(19)20)9-11-3-6-13(18)7-4-11/h3-10,18H,1-2H3,(H,19,20)/b14-9-. The minimum Gasteiger partial charge on any atom is -0.508 e. The van der Waals surface area contributed by atoms with Crippen molar-refractivity contribution in [2.75, 3.05) is 14.2 Å². The maximum Gasteiger partial charge on any atom is 0.336 e. The third kappa shape index (κ3) is 3.38. The summed E-state index contributed by atoms with van der Waals surface area (Å²) in [4.78, 5) is 11.5. The molecule has 5 nitrogen and oxygen atoms in total. The molecule has 0 unspecified atom stereocenters. The summed E-state index contributed by atoms with van der Waals surface area (Å²) in [7, 11) is 3.01. The monoisotopic (exact) mass is 300 g/mol. The molecule has 22 heavy (non-hydrogen) atoms. The van der Waals surface area contributed by atoms with Gasteiger partial charge in [-0.1, -0.05) is 18.2 Å². The van der Waals surface area contributed by atoms with Gasteiger partial charge < -0.3 is 19.7 Å². The van der Waals surface area contributed by atoms with Gasteiger partial charge in [-0.15, -0.1) is 0 Å². The van der Waals surface area contributed by atoms with Crippen LogP contribution in [0.15, 0.2) is 42.5 Å². The van der Waals surface area contributed by atoms with E-state index in [1.807, 2.05) is 0 Å². The Hall–Kier alpha value is -2.95. The molecule has 0 bridgehead atoms. The third-order valence-electron chi connectivity index (χ3n) is 3.13. The van der Waals surface area contributed by atoms with Gasteiger partial charge >= 0.3 is 5.97 Å². The minimum absolute atomic E-state index is 0.117. The maximum absolute atomic E-state index is 11.5. The van der Waals surface area contributed by atoms with Crippen LogP contribution in [0.2, 0.25) is 0 Å². The Labute approximate surface area is 128 Å². The summed E-state index contributed by atoms with van der Waals surface area (Å²) in [6.45, 7) is 0. The molecule has 0 fully saturated rings. The van der Waals surface area contributed by atoms with E-state index < -0.39 is 5.97 Å². The van der Waals surface area contributed by atoms with E-state index in [1.165, 1.54) is 32.4 Å². The van der Waals surface area contributed by atoms with Crippen molar-refractivity contribution in [2.24, 2.45) is 0 Å². The van der Waals surface area contributed by atoms with Crippen LogP contribution in [0, 0.1) is 0 Å². The van der Waals surface area contributed by atoms with Crippen LogP contribution in [0.1, 0.15) is 11.1 Å². The summed E-state index contributed by atoms with van der Waals surface area (Å²) in [6.07, 6.45) is 1.53. The van der Waals surface area contributed by atoms with Gasteiger partial charge in [-0.05, 0) is 41.5 Å². The van der Waals surface area contributed by atoms with Crippen LogP contribution in [0.25, 0.3) is 11.6 Å². The molecule has 0 amide bonds. The molecule has 0 aliphatic heterocycles. The Morgan fingerprint density at radius 2 is 1.64 bits per heavy atom. The van der Waals surface area contributed by atoms with Crippen molar-refractivity contribution in [3.63, 3.8) is 0 Å². The van der Waals surface area contributed by atoms with E-state index in [-0.39, 0.29) is 11.3 Å². The zero-order valence-corrected chi connectivity index (χ0v) is 12.2. The molecular formula is C17H16O5. The predicted octanol–water partition coefficient (Wildman–Crippen LogP) is 3.03. The quantitative estimate of drug-likeness (QED) is 0.655. The van der Waals surface area contributed by atoms with E-state index in [9.17, 15) is 15.0 Å². The van der Waals surface area contributed by atoms with Gasteiger partial charge in [0.25, 0.3) is 0 Å². The fraction of sp³-hybridized carbons (Fsp3) is 0.118. The molecule has 0 saturated carbocycles. The Balaban J connectivity index is 2.48. The largest absolute Gasteiger partial charge is 0.508 e. The molecule has 2 N–H and O–H groups in total. The van der Waals surface area contributed by atoms with Gasteiger partial charge in [0.05, 0.1) is 19.8 Å². The molecule has 0 heterocycles. The average Bonchev–Trinajstić information content (AvgIpc) is 2.53. The van der Waals surface area contributed by atoms with E-state index >= 15 is 0 Å². The first-order valence-corrected chi connectivity index (χ1v) is 6.51. The van der Waals surface area contributed by atoms with Gasteiger partial charge in [0, 0.05) is 0 Å². The van der Waals surface area contributed by atoms with Crippen molar-refractivity contribution in [1.82, 2.24) is 0 Å². The number of hydrogen-bond acceptors (Lipinski definition) is 4. The number of rotatable bonds is 5. The molecule has 2 rings (SSSR count). The molecule has 0 radical (unpaired) electrons. The molecule has 0 atom stereocenters. The van der Waals surface area contributed by atoms with Gasteiger partial charge in [0.2, 0.25) is 0 Å². The van der Waals surface area contributed by atoms with Gasteiger partial charge in [-0.3, -0.25) is 0 Å². The highest BCUT2D eigenvalue weighted by Crippen LogP contribution is 2.31. The number of methoxy groups -OCH3 is 2. The van der Waals surface area contributed by atoms with Crippen LogP contribution >= 0.6 is 0 Å². The average molecular weight is 300 g/mol. The molecule has 2 aromatic carbocycles. The number of benzene rings is 2. The van der Waals surface area contributed by atoms with Crippen LogP contribution in [-0.2, 0) is 4.79 Å². The summed E-state index contributed by atoms with van der Waals surface area (Å²) in [6, 6.07) is 11.2. The fourth-order valence-electron chi connectivity index (χ4n) is 2.01. The summed E-state index contributed by atoms with van der Waals surface area (Å²) >= 11 is 0. The number of aliphatic carboxylic acids is 1. The smallest absolute Gasteiger partial charge is 0.336 e. The van der Waals surface area contributed by atoms with Gasteiger partial charge in [-0.2, -0.15) is 0 Å². The zero-order chi connectivity index (χ0) is 16.1.